The Balaban J connectivity index is 1.94. The summed E-state index contributed by atoms with van der Waals surface area (Å²) in [4.78, 5) is 10.2. The van der Waals surface area contributed by atoms with Crippen molar-refractivity contribution in [1.29, 1.82) is 0 Å². The van der Waals surface area contributed by atoms with Crippen LogP contribution >= 0.6 is 0 Å². The molecule has 1 saturated heterocycles. The Bertz CT molecular complexity index is 954. The third-order valence-corrected chi connectivity index (χ3v) is 6.53. The first-order chi connectivity index (χ1) is 13.4. The molecule has 1 fully saturated rings. The molecule has 2 aromatic carbocycles. The molecule has 0 atom stereocenters. The summed E-state index contributed by atoms with van der Waals surface area (Å²) >= 11 is 0. The highest BCUT2D eigenvalue weighted by molar-refractivity contribution is 7.89. The predicted octanol–water partition coefficient (Wildman–Crippen LogP) is 2.63. The summed E-state index contributed by atoms with van der Waals surface area (Å²) in [7, 11) is -2.50. The fraction of sp³-hybridized carbons (Fsp3) is 0.368. The molecule has 28 heavy (non-hydrogen) atoms. The molecule has 8 nitrogen and oxygen atoms in total. The van der Waals surface area contributed by atoms with Gasteiger partial charge in [0.15, 0.2) is 4.90 Å². The number of nitro groups is 1. The van der Waals surface area contributed by atoms with Gasteiger partial charge in [0, 0.05) is 36.8 Å². The van der Waals surface area contributed by atoms with Crippen molar-refractivity contribution in [3.8, 4) is 5.75 Å². The van der Waals surface area contributed by atoms with Gasteiger partial charge >= 0.3 is 0 Å². The van der Waals surface area contributed by atoms with Crippen LogP contribution in [0.5, 0.6) is 5.75 Å². The minimum absolute atomic E-state index is 0.0884. The Hall–Kier alpha value is -2.49. The minimum atomic E-state index is -4.07. The van der Waals surface area contributed by atoms with Crippen molar-refractivity contribution in [1.82, 2.24) is 4.72 Å². The number of hydrogen-bond donors (Lipinski definition) is 1. The van der Waals surface area contributed by atoms with Gasteiger partial charge in [-0.15, -0.1) is 0 Å². The molecule has 0 radical (unpaired) electrons. The lowest BCUT2D eigenvalue weighted by Crippen LogP contribution is -2.44. The van der Waals surface area contributed by atoms with Crippen LogP contribution in [0, 0.1) is 10.1 Å². The van der Waals surface area contributed by atoms with E-state index in [0.29, 0.717) is 31.8 Å². The van der Waals surface area contributed by atoms with Crippen LogP contribution < -0.4 is 9.46 Å². The van der Waals surface area contributed by atoms with Gasteiger partial charge in [-0.1, -0.05) is 30.3 Å². The van der Waals surface area contributed by atoms with Crippen LogP contribution in [0.2, 0.25) is 0 Å². The number of hydrogen-bond acceptors (Lipinski definition) is 6. The maximum Gasteiger partial charge on any atom is 0.289 e. The minimum Gasteiger partial charge on any atom is -0.496 e. The largest absolute Gasteiger partial charge is 0.496 e. The lowest BCUT2D eigenvalue weighted by molar-refractivity contribution is -0.387. The summed E-state index contributed by atoms with van der Waals surface area (Å²) in [6.45, 7) is 1.07. The molecule has 1 aliphatic rings. The van der Waals surface area contributed by atoms with Crippen LogP contribution in [0.4, 0.5) is 5.69 Å². The smallest absolute Gasteiger partial charge is 0.289 e. The molecule has 0 saturated carbocycles. The van der Waals surface area contributed by atoms with E-state index in [1.807, 2.05) is 24.3 Å². The molecule has 1 N–H and O–H groups in total. The quantitative estimate of drug-likeness (QED) is 0.559. The van der Waals surface area contributed by atoms with Crippen molar-refractivity contribution in [3.05, 3.63) is 64.2 Å². The summed E-state index contributed by atoms with van der Waals surface area (Å²) in [5, 5.41) is 11.2. The maximum absolute atomic E-state index is 12.9. The highest BCUT2D eigenvalue weighted by Crippen LogP contribution is 2.39. The van der Waals surface area contributed by atoms with Crippen LogP contribution in [0.1, 0.15) is 18.4 Å². The van der Waals surface area contributed by atoms with Gasteiger partial charge in [0.05, 0.1) is 12.0 Å². The number of nitrogens with zero attached hydrogens (tertiary/aromatic N) is 1. The van der Waals surface area contributed by atoms with Gasteiger partial charge in [0.25, 0.3) is 5.69 Å². The number of para-hydroxylation sites is 2. The molecule has 2 aromatic rings. The zero-order valence-electron chi connectivity index (χ0n) is 15.5. The molecule has 1 aliphatic heterocycles. The molecule has 1 heterocycles. The molecule has 0 spiro atoms. The van der Waals surface area contributed by atoms with Crippen molar-refractivity contribution in [2.75, 3.05) is 26.9 Å². The normalized spacial score (nSPS) is 16.5. The van der Waals surface area contributed by atoms with Crippen LogP contribution in [0.25, 0.3) is 0 Å². The zero-order chi connectivity index (χ0) is 20.2. The second kappa shape index (κ2) is 8.26. The number of nitro benzene ring substituents is 1. The first-order valence-corrected chi connectivity index (χ1v) is 10.3. The number of methoxy groups -OCH3 is 1. The van der Waals surface area contributed by atoms with Gasteiger partial charge in [-0.2, -0.15) is 0 Å². The molecular formula is C19H22N2O6S. The van der Waals surface area contributed by atoms with E-state index in [4.69, 9.17) is 9.47 Å². The predicted molar refractivity (Wildman–Crippen MR) is 103 cm³/mol. The summed E-state index contributed by atoms with van der Waals surface area (Å²) < 4.78 is 39.3. The molecular weight excluding hydrogens is 384 g/mol. The highest BCUT2D eigenvalue weighted by atomic mass is 32.2. The maximum atomic E-state index is 12.9. The monoisotopic (exact) mass is 406 g/mol. The summed E-state index contributed by atoms with van der Waals surface area (Å²) in [6.07, 6.45) is 1.21. The van der Waals surface area contributed by atoms with Crippen molar-refractivity contribution >= 4 is 15.7 Å². The molecule has 0 aliphatic carbocycles. The van der Waals surface area contributed by atoms with Crippen LogP contribution in [-0.2, 0) is 20.2 Å². The van der Waals surface area contributed by atoms with Crippen molar-refractivity contribution in [3.63, 3.8) is 0 Å². The average Bonchev–Trinajstić information content (AvgIpc) is 2.73. The topological polar surface area (TPSA) is 108 Å². The third kappa shape index (κ3) is 4.01. The molecule has 3 rings (SSSR count). The number of rotatable bonds is 7. The van der Waals surface area contributed by atoms with E-state index < -0.39 is 26.0 Å². The van der Waals surface area contributed by atoms with E-state index in [-0.39, 0.29) is 11.4 Å². The van der Waals surface area contributed by atoms with Crippen molar-refractivity contribution in [2.24, 2.45) is 0 Å². The van der Waals surface area contributed by atoms with Crippen LogP contribution in [-0.4, -0.2) is 40.2 Å². The van der Waals surface area contributed by atoms with Crippen molar-refractivity contribution < 1.29 is 22.8 Å². The summed E-state index contributed by atoms with van der Waals surface area (Å²) in [5.74, 6) is 0.675. The molecule has 0 aromatic heterocycles. The Kier molecular flexibility index (Phi) is 5.97. The van der Waals surface area contributed by atoms with Crippen LogP contribution in [0.3, 0.4) is 0 Å². The van der Waals surface area contributed by atoms with Gasteiger partial charge in [-0.05, 0) is 25.0 Å². The average molecular weight is 406 g/mol. The Labute approximate surface area is 163 Å². The van der Waals surface area contributed by atoms with E-state index in [2.05, 4.69) is 4.72 Å². The second-order valence-corrected chi connectivity index (χ2v) is 8.38. The molecule has 0 amide bonds. The van der Waals surface area contributed by atoms with Crippen molar-refractivity contribution in [2.45, 2.75) is 23.2 Å². The first-order valence-electron chi connectivity index (χ1n) is 8.84. The standard InChI is InChI=1S/C19H22N2O6S/c1-26-17-8-4-2-6-15(17)19(10-12-27-13-11-19)14-20-28(24,25)18-9-5-3-7-16(18)21(22)23/h2-9,20H,10-14H2,1H3. The second-order valence-electron chi connectivity index (χ2n) is 6.64. The SMILES string of the molecule is COc1ccccc1C1(CNS(=O)(=O)c2ccccc2[N+](=O)[O-])CCOCC1. The Morgan fingerprint density at radius 1 is 1.14 bits per heavy atom. The first kappa shape index (κ1) is 20.2. The van der Waals surface area contributed by atoms with Gasteiger partial charge in [-0.3, -0.25) is 10.1 Å². The van der Waals surface area contributed by atoms with Gasteiger partial charge in [-0.25, -0.2) is 13.1 Å². The van der Waals surface area contributed by atoms with Crippen LogP contribution in [0.15, 0.2) is 53.4 Å². The van der Waals surface area contributed by atoms with E-state index >= 15 is 0 Å². The lowest BCUT2D eigenvalue weighted by Gasteiger charge is -2.38. The number of benzene rings is 2. The van der Waals surface area contributed by atoms with Gasteiger partial charge in [0.1, 0.15) is 5.75 Å². The van der Waals surface area contributed by atoms with Gasteiger partial charge < -0.3 is 9.47 Å². The fourth-order valence-electron chi connectivity index (χ4n) is 3.53. The van der Waals surface area contributed by atoms with E-state index in [9.17, 15) is 18.5 Å². The summed E-state index contributed by atoms with van der Waals surface area (Å²) in [5.41, 5.74) is -0.0824. The number of sulfonamides is 1. The lowest BCUT2D eigenvalue weighted by atomic mass is 9.74. The Morgan fingerprint density at radius 3 is 2.46 bits per heavy atom. The molecule has 9 heteroatoms. The molecule has 150 valence electrons. The number of nitrogens with one attached hydrogen (secondary N) is 1. The molecule has 0 bridgehead atoms. The number of ether oxygens (including phenoxy) is 2. The fourth-order valence-corrected chi connectivity index (χ4v) is 4.83. The third-order valence-electron chi connectivity index (χ3n) is 5.08. The summed E-state index contributed by atoms with van der Waals surface area (Å²) in [6, 6.07) is 12.8. The highest BCUT2D eigenvalue weighted by Gasteiger charge is 2.38. The van der Waals surface area contributed by atoms with Gasteiger partial charge in [0.2, 0.25) is 10.0 Å². The molecule has 0 unspecified atom stereocenters. The van der Waals surface area contributed by atoms with E-state index in [0.717, 1.165) is 5.56 Å². The zero-order valence-corrected chi connectivity index (χ0v) is 16.3. The van der Waals surface area contributed by atoms with E-state index in [1.54, 1.807) is 7.11 Å². The van der Waals surface area contributed by atoms with E-state index in [1.165, 1.54) is 24.3 Å². The Morgan fingerprint density at radius 2 is 1.79 bits per heavy atom.